The van der Waals surface area contributed by atoms with Crippen molar-refractivity contribution in [1.29, 1.82) is 0 Å². The molecule has 1 N–H and O–H groups in total. The van der Waals surface area contributed by atoms with Crippen LogP contribution in [0.2, 0.25) is 0 Å². The molecule has 100 valence electrons. The van der Waals surface area contributed by atoms with Crippen molar-refractivity contribution in [3.05, 3.63) is 0 Å². The van der Waals surface area contributed by atoms with Gasteiger partial charge in [0.2, 0.25) is 10.0 Å². The normalized spacial score (nSPS) is 22.0. The Labute approximate surface area is 102 Å². The molecule has 6 nitrogen and oxygen atoms in total. The molecule has 1 saturated heterocycles. The summed E-state index contributed by atoms with van der Waals surface area (Å²) < 4.78 is 29.4. The summed E-state index contributed by atoms with van der Waals surface area (Å²) in [6.07, 6.45) is 0. The number of β-amino-alcohol motifs (C(OH)–C–C–N with tert-alkyl or cyclic N) is 1. The van der Waals surface area contributed by atoms with Gasteiger partial charge in [0.25, 0.3) is 0 Å². The maximum absolute atomic E-state index is 11.9. The first-order chi connectivity index (χ1) is 7.65. The molecule has 1 rings (SSSR count). The lowest BCUT2D eigenvalue weighted by Crippen LogP contribution is -2.67. The number of hydrogen-bond donors (Lipinski definition) is 1. The van der Waals surface area contributed by atoms with Gasteiger partial charge >= 0.3 is 5.97 Å². The summed E-state index contributed by atoms with van der Waals surface area (Å²) in [7, 11) is -2.57. The van der Waals surface area contributed by atoms with Crippen LogP contribution >= 0.6 is 0 Å². The first-order valence-electron chi connectivity index (χ1n) is 5.44. The number of sulfonamides is 1. The van der Waals surface area contributed by atoms with Crippen molar-refractivity contribution in [3.8, 4) is 0 Å². The second-order valence-electron chi connectivity index (χ2n) is 4.74. The zero-order valence-electron chi connectivity index (χ0n) is 10.5. The Balaban J connectivity index is 2.74. The molecule has 1 heterocycles. The average molecular weight is 265 g/mol. The van der Waals surface area contributed by atoms with Crippen LogP contribution in [0.1, 0.15) is 20.8 Å². The summed E-state index contributed by atoms with van der Waals surface area (Å²) in [4.78, 5) is 11.2. The van der Waals surface area contributed by atoms with Gasteiger partial charge in [-0.15, -0.1) is 0 Å². The molecule has 1 fully saturated rings. The molecule has 0 aromatic heterocycles. The first kappa shape index (κ1) is 14.4. The fourth-order valence-electron chi connectivity index (χ4n) is 1.62. The van der Waals surface area contributed by atoms with Crippen molar-refractivity contribution in [2.75, 3.05) is 20.2 Å². The van der Waals surface area contributed by atoms with E-state index >= 15 is 0 Å². The molecular formula is C10H19NO5S. The van der Waals surface area contributed by atoms with Crippen molar-refractivity contribution in [1.82, 2.24) is 4.31 Å². The van der Waals surface area contributed by atoms with Gasteiger partial charge in [0, 0.05) is 13.1 Å². The second kappa shape index (κ2) is 4.55. The number of nitrogens with zero attached hydrogens (tertiary/aromatic N) is 1. The van der Waals surface area contributed by atoms with E-state index in [-0.39, 0.29) is 19.0 Å². The second-order valence-corrected chi connectivity index (χ2v) is 6.99. The smallest absolute Gasteiger partial charge is 0.325 e. The first-order valence-corrected chi connectivity index (χ1v) is 6.94. The van der Waals surface area contributed by atoms with E-state index in [9.17, 15) is 18.3 Å². The topological polar surface area (TPSA) is 83.9 Å². The predicted molar refractivity (Wildman–Crippen MR) is 61.8 cm³/mol. The third kappa shape index (κ3) is 2.46. The summed E-state index contributed by atoms with van der Waals surface area (Å²) in [6, 6.07) is 0. The van der Waals surface area contributed by atoms with E-state index < -0.39 is 26.8 Å². The quantitative estimate of drug-likeness (QED) is 0.698. The van der Waals surface area contributed by atoms with Gasteiger partial charge in [-0.25, -0.2) is 8.42 Å². The van der Waals surface area contributed by atoms with E-state index in [4.69, 9.17) is 0 Å². The fraction of sp³-hybridized carbons (Fsp3) is 0.900. The Bertz CT molecular complexity index is 397. The molecule has 17 heavy (non-hydrogen) atoms. The molecule has 1 atom stereocenters. The molecule has 1 unspecified atom stereocenters. The van der Waals surface area contributed by atoms with Crippen molar-refractivity contribution >= 4 is 16.0 Å². The lowest BCUT2D eigenvalue weighted by Gasteiger charge is -2.48. The molecule has 0 aromatic carbocycles. The van der Waals surface area contributed by atoms with Crippen LogP contribution in [0.25, 0.3) is 0 Å². The molecule has 1 aliphatic rings. The van der Waals surface area contributed by atoms with Crippen LogP contribution in [0.5, 0.6) is 0 Å². The van der Waals surface area contributed by atoms with Crippen LogP contribution in [0.15, 0.2) is 0 Å². The highest BCUT2D eigenvalue weighted by Crippen LogP contribution is 2.32. The summed E-state index contributed by atoms with van der Waals surface area (Å²) in [5.74, 6) is -0.813. The molecule has 0 aromatic rings. The molecule has 0 radical (unpaired) electrons. The Morgan fingerprint density at radius 1 is 1.35 bits per heavy atom. The zero-order valence-corrected chi connectivity index (χ0v) is 11.3. The molecule has 0 amide bonds. The Hall–Kier alpha value is -0.660. The van der Waals surface area contributed by atoms with E-state index in [0.717, 1.165) is 11.4 Å². The van der Waals surface area contributed by atoms with E-state index in [1.807, 2.05) is 13.8 Å². The number of ether oxygens (including phenoxy) is 1. The third-order valence-electron chi connectivity index (χ3n) is 3.31. The van der Waals surface area contributed by atoms with Gasteiger partial charge in [-0.05, 0) is 12.8 Å². The Morgan fingerprint density at radius 3 is 2.18 bits per heavy atom. The number of carbonyl (C=O) groups is 1. The molecule has 0 saturated carbocycles. The minimum absolute atomic E-state index is 0.0256. The highest BCUT2D eigenvalue weighted by atomic mass is 32.2. The highest BCUT2D eigenvalue weighted by Gasteiger charge is 2.51. The van der Waals surface area contributed by atoms with Crippen LogP contribution in [0.4, 0.5) is 0 Å². The third-order valence-corrected chi connectivity index (χ3v) is 5.38. The minimum Gasteiger partial charge on any atom is -0.468 e. The summed E-state index contributed by atoms with van der Waals surface area (Å²) in [5.41, 5.74) is -0.983. The lowest BCUT2D eigenvalue weighted by atomic mass is 9.85. The van der Waals surface area contributed by atoms with Gasteiger partial charge in [0.05, 0.1) is 12.7 Å². The zero-order chi connectivity index (χ0) is 13.4. The summed E-state index contributed by atoms with van der Waals surface area (Å²) in [6.45, 7) is 5.01. The number of esters is 1. The average Bonchev–Trinajstić information content (AvgIpc) is 2.21. The molecule has 0 spiro atoms. The largest absolute Gasteiger partial charge is 0.468 e. The Morgan fingerprint density at radius 2 is 1.82 bits per heavy atom. The number of methoxy groups -OCH3 is 1. The van der Waals surface area contributed by atoms with Gasteiger partial charge in [-0.1, -0.05) is 13.8 Å². The van der Waals surface area contributed by atoms with Crippen LogP contribution < -0.4 is 0 Å². The maximum Gasteiger partial charge on any atom is 0.325 e. The van der Waals surface area contributed by atoms with Crippen LogP contribution in [-0.2, 0) is 19.6 Å². The summed E-state index contributed by atoms with van der Waals surface area (Å²) in [5, 5.41) is 8.74. The van der Waals surface area contributed by atoms with Gasteiger partial charge in [-0.3, -0.25) is 4.79 Å². The van der Waals surface area contributed by atoms with Crippen LogP contribution in [0, 0.1) is 5.92 Å². The van der Waals surface area contributed by atoms with E-state index in [0.29, 0.717) is 0 Å². The Kier molecular flexibility index (Phi) is 3.85. The van der Waals surface area contributed by atoms with E-state index in [2.05, 4.69) is 4.74 Å². The fourth-order valence-corrected chi connectivity index (χ4v) is 3.21. The van der Waals surface area contributed by atoms with Crippen LogP contribution in [0.3, 0.4) is 0 Å². The van der Waals surface area contributed by atoms with Gasteiger partial charge in [0.15, 0.2) is 5.25 Å². The van der Waals surface area contributed by atoms with Crippen molar-refractivity contribution in [2.45, 2.75) is 31.6 Å². The molecule has 1 aliphatic heterocycles. The maximum atomic E-state index is 11.9. The van der Waals surface area contributed by atoms with Crippen molar-refractivity contribution in [3.63, 3.8) is 0 Å². The summed E-state index contributed by atoms with van der Waals surface area (Å²) >= 11 is 0. The molecule has 0 bridgehead atoms. The number of carbonyl (C=O) groups excluding carboxylic acids is 1. The predicted octanol–water partition coefficient (Wildman–Crippen LogP) is -0.420. The van der Waals surface area contributed by atoms with E-state index in [1.54, 1.807) is 0 Å². The number of hydrogen-bond acceptors (Lipinski definition) is 5. The highest BCUT2D eigenvalue weighted by molar-refractivity contribution is 7.90. The van der Waals surface area contributed by atoms with E-state index in [1.165, 1.54) is 6.92 Å². The molecule has 7 heteroatoms. The van der Waals surface area contributed by atoms with Crippen molar-refractivity contribution < 1.29 is 23.1 Å². The van der Waals surface area contributed by atoms with Crippen LogP contribution in [-0.4, -0.2) is 54.8 Å². The molecule has 0 aliphatic carbocycles. The standard InChI is InChI=1S/C10H19NO5S/c1-7(2)10(13)5-11(6-10)17(14,15)8(3)9(12)16-4/h7-8,13H,5-6H2,1-4H3. The van der Waals surface area contributed by atoms with Gasteiger partial charge < -0.3 is 9.84 Å². The molecular weight excluding hydrogens is 246 g/mol. The van der Waals surface area contributed by atoms with Crippen molar-refractivity contribution in [2.24, 2.45) is 5.92 Å². The van der Waals surface area contributed by atoms with Gasteiger partial charge in [-0.2, -0.15) is 4.31 Å². The number of aliphatic hydroxyl groups is 1. The number of rotatable bonds is 4. The monoisotopic (exact) mass is 265 g/mol. The lowest BCUT2D eigenvalue weighted by molar-refractivity contribution is -0.140. The minimum atomic E-state index is -3.72. The SMILES string of the molecule is COC(=O)C(C)S(=O)(=O)N1CC(O)(C(C)C)C1. The van der Waals surface area contributed by atoms with Gasteiger partial charge in [0.1, 0.15) is 0 Å².